The van der Waals surface area contributed by atoms with Gasteiger partial charge in [-0.05, 0) is 67.0 Å². The average Bonchev–Trinajstić information content (AvgIpc) is 3.07. The third-order valence-electron chi connectivity index (χ3n) is 4.07. The summed E-state index contributed by atoms with van der Waals surface area (Å²) in [6, 6.07) is 13.2. The molecule has 0 aliphatic carbocycles. The van der Waals surface area contributed by atoms with E-state index < -0.39 is 0 Å². The van der Waals surface area contributed by atoms with Crippen molar-refractivity contribution < 1.29 is 9.53 Å². The second-order valence-electron chi connectivity index (χ2n) is 6.06. The van der Waals surface area contributed by atoms with Gasteiger partial charge in [0.05, 0.1) is 17.3 Å². The van der Waals surface area contributed by atoms with Crippen LogP contribution in [0, 0.1) is 0 Å². The summed E-state index contributed by atoms with van der Waals surface area (Å²) in [4.78, 5) is 16.8. The van der Waals surface area contributed by atoms with E-state index in [2.05, 4.69) is 34.7 Å². The van der Waals surface area contributed by atoms with Gasteiger partial charge in [0.15, 0.2) is 10.2 Å². The molecular weight excluding hydrogens is 378 g/mol. The SMILES string of the molecule is CCCCc1ccc2nc(NC(=S)NC(=O)c3ccc(OC)cc3)sc2c1. The molecule has 3 aromatic rings. The Morgan fingerprint density at radius 3 is 2.70 bits per heavy atom. The molecule has 0 aliphatic rings. The van der Waals surface area contributed by atoms with Crippen LogP contribution in [0.15, 0.2) is 42.5 Å². The zero-order valence-electron chi connectivity index (χ0n) is 15.2. The number of unbranched alkanes of at least 4 members (excludes halogenated alkanes) is 1. The molecule has 0 saturated carbocycles. The molecule has 0 saturated heterocycles. The number of amides is 1. The highest BCUT2D eigenvalue weighted by Gasteiger charge is 2.10. The van der Waals surface area contributed by atoms with Crippen LogP contribution in [0.3, 0.4) is 0 Å². The van der Waals surface area contributed by atoms with Crippen molar-refractivity contribution in [3.05, 3.63) is 53.6 Å². The average molecular weight is 400 g/mol. The number of anilines is 1. The van der Waals surface area contributed by atoms with Gasteiger partial charge in [0.2, 0.25) is 0 Å². The number of thiazole rings is 1. The maximum Gasteiger partial charge on any atom is 0.257 e. The molecule has 1 heterocycles. The summed E-state index contributed by atoms with van der Waals surface area (Å²) in [7, 11) is 1.58. The highest BCUT2D eigenvalue weighted by atomic mass is 32.1. The van der Waals surface area contributed by atoms with Gasteiger partial charge in [0.1, 0.15) is 5.75 Å². The van der Waals surface area contributed by atoms with E-state index in [9.17, 15) is 4.79 Å². The van der Waals surface area contributed by atoms with Gasteiger partial charge in [-0.2, -0.15) is 0 Å². The Morgan fingerprint density at radius 2 is 2.00 bits per heavy atom. The first-order chi connectivity index (χ1) is 13.1. The Morgan fingerprint density at radius 1 is 1.22 bits per heavy atom. The topological polar surface area (TPSA) is 63.2 Å². The number of benzene rings is 2. The van der Waals surface area contributed by atoms with Crippen molar-refractivity contribution in [2.45, 2.75) is 26.2 Å². The van der Waals surface area contributed by atoms with E-state index in [1.807, 2.05) is 6.07 Å². The van der Waals surface area contributed by atoms with Crippen molar-refractivity contribution >= 4 is 49.9 Å². The number of hydrogen-bond acceptors (Lipinski definition) is 5. The summed E-state index contributed by atoms with van der Waals surface area (Å²) in [6.45, 7) is 2.19. The van der Waals surface area contributed by atoms with E-state index in [4.69, 9.17) is 17.0 Å². The predicted octanol–water partition coefficient (Wildman–Crippen LogP) is 4.77. The minimum Gasteiger partial charge on any atom is -0.497 e. The molecule has 5 nitrogen and oxygen atoms in total. The number of nitrogens with zero attached hydrogens (tertiary/aromatic N) is 1. The van der Waals surface area contributed by atoms with Crippen LogP contribution in [0.25, 0.3) is 10.2 Å². The Bertz CT molecular complexity index is 952. The quantitative estimate of drug-likeness (QED) is 0.585. The minimum absolute atomic E-state index is 0.223. The number of nitrogens with one attached hydrogen (secondary N) is 2. The third kappa shape index (κ3) is 5.02. The van der Waals surface area contributed by atoms with Gasteiger partial charge in [-0.25, -0.2) is 4.98 Å². The van der Waals surface area contributed by atoms with Crippen molar-refractivity contribution in [1.82, 2.24) is 10.3 Å². The molecule has 2 N–H and O–H groups in total. The molecule has 1 aromatic heterocycles. The molecule has 0 atom stereocenters. The number of fused-ring (bicyclic) bond motifs is 1. The molecule has 27 heavy (non-hydrogen) atoms. The summed E-state index contributed by atoms with van der Waals surface area (Å²) in [5, 5.41) is 6.56. The zero-order chi connectivity index (χ0) is 19.2. The third-order valence-corrected chi connectivity index (χ3v) is 5.21. The second-order valence-corrected chi connectivity index (χ2v) is 7.50. The Kier molecular flexibility index (Phi) is 6.36. The van der Waals surface area contributed by atoms with Gasteiger partial charge in [-0.3, -0.25) is 10.1 Å². The molecule has 0 unspecified atom stereocenters. The van der Waals surface area contributed by atoms with E-state index in [0.717, 1.165) is 16.6 Å². The van der Waals surface area contributed by atoms with E-state index in [1.165, 1.54) is 29.7 Å². The minimum atomic E-state index is -0.280. The van der Waals surface area contributed by atoms with Gasteiger partial charge in [0, 0.05) is 5.56 Å². The number of aryl methyl sites for hydroxylation is 1. The van der Waals surface area contributed by atoms with Crippen LogP contribution in [0.5, 0.6) is 5.75 Å². The molecule has 2 aromatic carbocycles. The molecule has 7 heteroatoms. The fraction of sp³-hybridized carbons (Fsp3) is 0.250. The lowest BCUT2D eigenvalue weighted by Crippen LogP contribution is -2.34. The van der Waals surface area contributed by atoms with Gasteiger partial charge in [0.25, 0.3) is 5.91 Å². The number of hydrogen-bond donors (Lipinski definition) is 2. The molecule has 0 aliphatic heterocycles. The highest BCUT2D eigenvalue weighted by Crippen LogP contribution is 2.27. The van der Waals surface area contributed by atoms with Crippen molar-refractivity contribution in [3.8, 4) is 5.75 Å². The maximum absolute atomic E-state index is 12.3. The Hall–Kier alpha value is -2.51. The first-order valence-electron chi connectivity index (χ1n) is 8.75. The monoisotopic (exact) mass is 399 g/mol. The van der Waals surface area contributed by atoms with Gasteiger partial charge in [-0.1, -0.05) is 30.7 Å². The van der Waals surface area contributed by atoms with Crippen LogP contribution in [-0.4, -0.2) is 23.1 Å². The maximum atomic E-state index is 12.3. The fourth-order valence-corrected chi connectivity index (χ4v) is 3.79. The van der Waals surface area contributed by atoms with Crippen LogP contribution in [0.4, 0.5) is 5.13 Å². The van der Waals surface area contributed by atoms with Crippen LogP contribution in [0.2, 0.25) is 0 Å². The zero-order valence-corrected chi connectivity index (χ0v) is 16.9. The van der Waals surface area contributed by atoms with Crippen LogP contribution in [0.1, 0.15) is 35.7 Å². The lowest BCUT2D eigenvalue weighted by atomic mass is 10.1. The normalized spacial score (nSPS) is 10.6. The number of methoxy groups -OCH3 is 1. The summed E-state index contributed by atoms with van der Waals surface area (Å²) in [5.74, 6) is 0.415. The first kappa shape index (κ1) is 19.3. The van der Waals surface area contributed by atoms with E-state index >= 15 is 0 Å². The first-order valence-corrected chi connectivity index (χ1v) is 9.97. The molecule has 1 amide bonds. The number of carbonyl (C=O) groups excluding carboxylic acids is 1. The van der Waals surface area contributed by atoms with Gasteiger partial charge >= 0.3 is 0 Å². The predicted molar refractivity (Wildman–Crippen MR) is 115 cm³/mol. The number of thiocarbonyl (C=S) groups is 1. The van der Waals surface area contributed by atoms with Gasteiger partial charge < -0.3 is 10.1 Å². The molecule has 0 spiro atoms. The number of ether oxygens (including phenoxy) is 1. The fourth-order valence-electron chi connectivity index (χ4n) is 2.60. The summed E-state index contributed by atoms with van der Waals surface area (Å²) in [5.41, 5.74) is 2.74. The Balaban J connectivity index is 1.63. The molecule has 140 valence electrons. The van der Waals surface area contributed by atoms with Crippen molar-refractivity contribution in [1.29, 1.82) is 0 Å². The summed E-state index contributed by atoms with van der Waals surface area (Å²) < 4.78 is 6.20. The molecule has 3 rings (SSSR count). The van der Waals surface area contributed by atoms with Crippen molar-refractivity contribution in [2.24, 2.45) is 0 Å². The Labute approximate surface area is 167 Å². The van der Waals surface area contributed by atoms with Crippen molar-refractivity contribution in [2.75, 3.05) is 12.4 Å². The molecular formula is C20H21N3O2S2. The van der Waals surface area contributed by atoms with Crippen LogP contribution >= 0.6 is 23.6 Å². The highest BCUT2D eigenvalue weighted by molar-refractivity contribution is 7.80. The number of aromatic nitrogens is 1. The van der Waals surface area contributed by atoms with E-state index in [1.54, 1.807) is 31.4 Å². The second kappa shape index (κ2) is 8.92. The van der Waals surface area contributed by atoms with Gasteiger partial charge in [-0.15, -0.1) is 0 Å². The van der Waals surface area contributed by atoms with Crippen molar-refractivity contribution in [3.63, 3.8) is 0 Å². The molecule has 0 fully saturated rings. The summed E-state index contributed by atoms with van der Waals surface area (Å²) in [6.07, 6.45) is 3.43. The molecule has 0 radical (unpaired) electrons. The molecule has 0 bridgehead atoms. The van der Waals surface area contributed by atoms with Crippen LogP contribution in [-0.2, 0) is 6.42 Å². The summed E-state index contributed by atoms with van der Waals surface area (Å²) >= 11 is 6.77. The standard InChI is InChI=1S/C20H21N3O2S2/c1-3-4-5-13-6-11-16-17(12-13)27-20(21-16)23-19(26)22-18(24)14-7-9-15(25-2)10-8-14/h6-12H,3-5H2,1-2H3,(H2,21,22,23,24,26). The van der Waals surface area contributed by atoms with E-state index in [-0.39, 0.29) is 11.0 Å². The lowest BCUT2D eigenvalue weighted by molar-refractivity contribution is 0.0977. The lowest BCUT2D eigenvalue weighted by Gasteiger charge is -2.07. The smallest absolute Gasteiger partial charge is 0.257 e. The number of rotatable bonds is 6. The largest absolute Gasteiger partial charge is 0.497 e. The number of carbonyl (C=O) groups is 1. The van der Waals surface area contributed by atoms with E-state index in [0.29, 0.717) is 16.4 Å². The van der Waals surface area contributed by atoms with Crippen LogP contribution < -0.4 is 15.4 Å².